The van der Waals surface area contributed by atoms with E-state index in [0.717, 1.165) is 11.6 Å². The van der Waals surface area contributed by atoms with Gasteiger partial charge in [-0.1, -0.05) is 50.0 Å². The summed E-state index contributed by atoms with van der Waals surface area (Å²) in [7, 11) is -1.11. The fourth-order valence-corrected chi connectivity index (χ4v) is 2.60. The Morgan fingerprint density at radius 3 is 2.35 bits per heavy atom. The first-order valence-corrected chi connectivity index (χ1v) is 9.93. The molecule has 0 aromatic heterocycles. The normalized spacial score (nSPS) is 13.2. The Morgan fingerprint density at radius 1 is 1.24 bits per heavy atom. The van der Waals surface area contributed by atoms with Crippen molar-refractivity contribution in [3.05, 3.63) is 35.9 Å². The van der Waals surface area contributed by atoms with E-state index in [1.807, 2.05) is 37.3 Å². The van der Waals surface area contributed by atoms with E-state index in [1.54, 1.807) is 0 Å². The molecule has 1 N–H and O–H groups in total. The lowest BCUT2D eigenvalue weighted by Crippen LogP contribution is -2.29. The monoisotopic (exact) mass is 249 g/mol. The first-order chi connectivity index (χ1) is 7.88. The molecule has 94 valence electrons. The summed E-state index contributed by atoms with van der Waals surface area (Å²) in [4.78, 5) is 11.8. The third-order valence-electron chi connectivity index (χ3n) is 2.78. The summed E-state index contributed by atoms with van der Waals surface area (Å²) in [6, 6.07) is 11.2. The van der Waals surface area contributed by atoms with Crippen LogP contribution in [0.2, 0.25) is 25.7 Å². The molecule has 1 aromatic carbocycles. The molecule has 0 heterocycles. The van der Waals surface area contributed by atoms with Crippen LogP contribution >= 0.6 is 0 Å². The van der Waals surface area contributed by atoms with Crippen LogP contribution in [0.1, 0.15) is 24.9 Å². The SMILES string of the molecule is CC(NC(=O)CC[Si](C)(C)C)c1ccccc1. The van der Waals surface area contributed by atoms with Gasteiger partial charge in [0.25, 0.3) is 0 Å². The standard InChI is InChI=1S/C14H23NOSi/c1-12(13-8-6-5-7-9-13)15-14(16)10-11-17(2,3)4/h5-9,12H,10-11H2,1-4H3,(H,15,16). The number of benzene rings is 1. The van der Waals surface area contributed by atoms with E-state index in [2.05, 4.69) is 25.0 Å². The average Bonchev–Trinajstić information content (AvgIpc) is 2.27. The fraction of sp³-hybridized carbons (Fsp3) is 0.500. The van der Waals surface area contributed by atoms with Crippen molar-refractivity contribution in [2.45, 2.75) is 45.1 Å². The Labute approximate surface area is 105 Å². The quantitative estimate of drug-likeness (QED) is 0.794. The van der Waals surface area contributed by atoms with Gasteiger partial charge in [0, 0.05) is 14.5 Å². The van der Waals surface area contributed by atoms with Crippen molar-refractivity contribution in [1.29, 1.82) is 0 Å². The second-order valence-electron chi connectivity index (χ2n) is 5.76. The maximum absolute atomic E-state index is 11.8. The van der Waals surface area contributed by atoms with Gasteiger partial charge in [-0.25, -0.2) is 0 Å². The molecule has 0 aliphatic rings. The number of carbonyl (C=O) groups is 1. The minimum Gasteiger partial charge on any atom is -0.350 e. The molecule has 0 saturated heterocycles. The Hall–Kier alpha value is -1.09. The fourth-order valence-electron chi connectivity index (χ4n) is 1.63. The third kappa shape index (κ3) is 5.68. The van der Waals surface area contributed by atoms with Crippen LogP contribution in [0.4, 0.5) is 0 Å². The molecular formula is C14H23NOSi. The third-order valence-corrected chi connectivity index (χ3v) is 4.53. The zero-order valence-corrected chi connectivity index (χ0v) is 12.3. The summed E-state index contributed by atoms with van der Waals surface area (Å²) in [5.74, 6) is 0.170. The highest BCUT2D eigenvalue weighted by Gasteiger charge is 2.16. The van der Waals surface area contributed by atoms with Gasteiger partial charge in [-0.2, -0.15) is 0 Å². The highest BCUT2D eigenvalue weighted by molar-refractivity contribution is 6.76. The summed E-state index contributed by atoms with van der Waals surface area (Å²) in [6.07, 6.45) is 0.660. The van der Waals surface area contributed by atoms with Gasteiger partial charge in [0.05, 0.1) is 6.04 Å². The van der Waals surface area contributed by atoms with E-state index in [9.17, 15) is 4.79 Å². The molecule has 0 fully saturated rings. The molecule has 0 bridgehead atoms. The number of rotatable bonds is 5. The molecule has 0 spiro atoms. The van der Waals surface area contributed by atoms with Crippen molar-refractivity contribution in [3.63, 3.8) is 0 Å². The van der Waals surface area contributed by atoms with Gasteiger partial charge < -0.3 is 5.32 Å². The molecule has 1 unspecified atom stereocenters. The molecule has 1 amide bonds. The van der Waals surface area contributed by atoms with E-state index >= 15 is 0 Å². The van der Waals surface area contributed by atoms with Crippen LogP contribution in [-0.4, -0.2) is 14.0 Å². The van der Waals surface area contributed by atoms with Crippen LogP contribution in [-0.2, 0) is 4.79 Å². The van der Waals surface area contributed by atoms with E-state index in [4.69, 9.17) is 0 Å². The van der Waals surface area contributed by atoms with E-state index in [1.165, 1.54) is 0 Å². The molecule has 1 aromatic rings. The number of hydrogen-bond acceptors (Lipinski definition) is 1. The topological polar surface area (TPSA) is 29.1 Å². The van der Waals surface area contributed by atoms with Gasteiger partial charge in [0.2, 0.25) is 5.91 Å². The molecule has 1 rings (SSSR count). The highest BCUT2D eigenvalue weighted by atomic mass is 28.3. The van der Waals surface area contributed by atoms with E-state index in [-0.39, 0.29) is 11.9 Å². The second-order valence-corrected chi connectivity index (χ2v) is 11.4. The van der Waals surface area contributed by atoms with Gasteiger partial charge in [0.1, 0.15) is 0 Å². The molecule has 0 saturated carbocycles. The van der Waals surface area contributed by atoms with Crippen LogP contribution in [0.5, 0.6) is 0 Å². The van der Waals surface area contributed by atoms with Gasteiger partial charge >= 0.3 is 0 Å². The predicted molar refractivity (Wildman–Crippen MR) is 75.8 cm³/mol. The minimum absolute atomic E-state index is 0.102. The van der Waals surface area contributed by atoms with Crippen molar-refractivity contribution in [1.82, 2.24) is 5.32 Å². The lowest BCUT2D eigenvalue weighted by molar-refractivity contribution is -0.121. The Kier molecular flexibility index (Phi) is 4.94. The van der Waals surface area contributed by atoms with Crippen molar-refractivity contribution in [2.75, 3.05) is 0 Å². The van der Waals surface area contributed by atoms with Gasteiger partial charge in [-0.15, -0.1) is 0 Å². The van der Waals surface area contributed by atoms with Crippen molar-refractivity contribution in [2.24, 2.45) is 0 Å². The number of nitrogens with one attached hydrogen (secondary N) is 1. The highest BCUT2D eigenvalue weighted by Crippen LogP contribution is 2.14. The average molecular weight is 249 g/mol. The summed E-state index contributed by atoms with van der Waals surface area (Å²) in [5, 5.41) is 3.05. The maximum Gasteiger partial charge on any atom is 0.220 e. The van der Waals surface area contributed by atoms with Crippen molar-refractivity contribution >= 4 is 14.0 Å². The van der Waals surface area contributed by atoms with Gasteiger partial charge in [0.15, 0.2) is 0 Å². The summed E-state index contributed by atoms with van der Waals surface area (Å²) in [5.41, 5.74) is 1.16. The largest absolute Gasteiger partial charge is 0.350 e. The van der Waals surface area contributed by atoms with Crippen molar-refractivity contribution < 1.29 is 4.79 Å². The molecule has 1 atom stereocenters. The van der Waals surface area contributed by atoms with Gasteiger partial charge in [-0.3, -0.25) is 4.79 Å². The summed E-state index contributed by atoms with van der Waals surface area (Å²) < 4.78 is 0. The van der Waals surface area contributed by atoms with Crippen LogP contribution in [0.25, 0.3) is 0 Å². The van der Waals surface area contributed by atoms with Crippen LogP contribution < -0.4 is 5.32 Å². The number of carbonyl (C=O) groups excluding carboxylic acids is 1. The predicted octanol–water partition coefficient (Wildman–Crippen LogP) is 3.59. The second kappa shape index (κ2) is 6.01. The molecule has 2 nitrogen and oxygen atoms in total. The Bertz CT molecular complexity index is 356. The summed E-state index contributed by atoms with van der Waals surface area (Å²) >= 11 is 0. The van der Waals surface area contributed by atoms with E-state index < -0.39 is 8.07 Å². The van der Waals surface area contributed by atoms with E-state index in [0.29, 0.717) is 6.42 Å². The molecule has 0 aliphatic carbocycles. The van der Waals surface area contributed by atoms with Crippen molar-refractivity contribution in [3.8, 4) is 0 Å². The number of hydrogen-bond donors (Lipinski definition) is 1. The molecule has 0 aliphatic heterocycles. The van der Waals surface area contributed by atoms with Gasteiger partial charge in [-0.05, 0) is 18.5 Å². The Balaban J connectivity index is 2.42. The van der Waals surface area contributed by atoms with Crippen LogP contribution in [0.15, 0.2) is 30.3 Å². The lowest BCUT2D eigenvalue weighted by atomic mass is 10.1. The zero-order valence-electron chi connectivity index (χ0n) is 11.3. The Morgan fingerprint density at radius 2 is 1.82 bits per heavy atom. The van der Waals surface area contributed by atoms with Crippen LogP contribution in [0.3, 0.4) is 0 Å². The maximum atomic E-state index is 11.8. The summed E-state index contributed by atoms with van der Waals surface area (Å²) in [6.45, 7) is 8.91. The lowest BCUT2D eigenvalue weighted by Gasteiger charge is -2.17. The minimum atomic E-state index is -1.11. The van der Waals surface area contributed by atoms with Crippen LogP contribution in [0, 0.1) is 0 Å². The first kappa shape index (κ1) is 14.0. The first-order valence-electron chi connectivity index (χ1n) is 6.23. The zero-order chi connectivity index (χ0) is 12.9. The smallest absolute Gasteiger partial charge is 0.220 e. The molecule has 3 heteroatoms. The molecular weight excluding hydrogens is 226 g/mol. The number of amides is 1. The molecule has 0 radical (unpaired) electrons. The molecule has 17 heavy (non-hydrogen) atoms.